The molecule has 4 aliphatic rings. The van der Waals surface area contributed by atoms with Crippen molar-refractivity contribution in [1.29, 1.82) is 0 Å². The zero-order valence-electron chi connectivity index (χ0n) is 23.0. The number of hydrogen-bond donors (Lipinski definition) is 4. The summed E-state index contributed by atoms with van der Waals surface area (Å²) in [5, 5.41) is 26.6. The first-order valence-electron chi connectivity index (χ1n) is 14.9. The van der Waals surface area contributed by atoms with Crippen LogP contribution in [0.2, 0.25) is 0 Å². The molecule has 0 aromatic rings. The van der Waals surface area contributed by atoms with Gasteiger partial charge in [-0.3, -0.25) is 0 Å². The highest BCUT2D eigenvalue weighted by molar-refractivity contribution is 5.18. The van der Waals surface area contributed by atoms with Crippen molar-refractivity contribution >= 4 is 0 Å². The minimum atomic E-state index is -0.809. The smallest absolute Gasteiger partial charge is 0.0880 e. The number of rotatable bonds is 9. The maximum atomic E-state index is 12.3. The molecule has 4 aliphatic carbocycles. The van der Waals surface area contributed by atoms with Crippen molar-refractivity contribution in [2.45, 2.75) is 129 Å². The Morgan fingerprint density at radius 1 is 0.971 bits per heavy atom. The van der Waals surface area contributed by atoms with Gasteiger partial charge in [-0.15, -0.1) is 0 Å². The maximum Gasteiger partial charge on any atom is 0.0880 e. The quantitative estimate of drug-likeness (QED) is 0.331. The third-order valence-electron chi connectivity index (χ3n) is 11.8. The summed E-state index contributed by atoms with van der Waals surface area (Å²) in [7, 11) is 0. The Morgan fingerprint density at radius 3 is 2.44 bits per heavy atom. The van der Waals surface area contributed by atoms with Crippen LogP contribution in [-0.2, 0) is 0 Å². The molecular weight excluding hydrogens is 420 g/mol. The van der Waals surface area contributed by atoms with Crippen LogP contribution in [0.3, 0.4) is 0 Å². The first-order valence-corrected chi connectivity index (χ1v) is 14.9. The van der Waals surface area contributed by atoms with Gasteiger partial charge in [-0.1, -0.05) is 53.9 Å². The zero-order chi connectivity index (χ0) is 24.7. The van der Waals surface area contributed by atoms with Crippen LogP contribution in [0.5, 0.6) is 0 Å². The molecule has 0 saturated heterocycles. The van der Waals surface area contributed by atoms with E-state index in [2.05, 4.69) is 39.9 Å². The average Bonchev–Trinajstić information content (AvgIpc) is 3.12. The van der Waals surface area contributed by atoms with Crippen molar-refractivity contribution in [3.05, 3.63) is 0 Å². The third kappa shape index (κ3) is 4.52. The van der Waals surface area contributed by atoms with E-state index in [9.17, 15) is 10.2 Å². The summed E-state index contributed by atoms with van der Waals surface area (Å²) < 4.78 is 0. The minimum Gasteiger partial charge on any atom is -0.393 e. The number of nitrogens with one attached hydrogen (secondary N) is 1. The molecule has 0 heterocycles. The molecule has 34 heavy (non-hydrogen) atoms. The molecule has 0 aromatic heterocycles. The van der Waals surface area contributed by atoms with E-state index in [1.807, 2.05) is 0 Å². The fourth-order valence-electron chi connectivity index (χ4n) is 9.95. The molecule has 0 spiro atoms. The Labute approximate surface area is 210 Å². The molecule has 10 atom stereocenters. The van der Waals surface area contributed by atoms with Gasteiger partial charge in [0, 0.05) is 17.9 Å². The van der Waals surface area contributed by atoms with E-state index >= 15 is 0 Å². The van der Waals surface area contributed by atoms with Gasteiger partial charge in [0.25, 0.3) is 0 Å². The Kier molecular flexibility index (Phi) is 8.15. The summed E-state index contributed by atoms with van der Waals surface area (Å²) in [6, 6.07) is 0.0742. The van der Waals surface area contributed by atoms with Gasteiger partial charge >= 0.3 is 0 Å². The van der Waals surface area contributed by atoms with Crippen molar-refractivity contribution < 1.29 is 10.2 Å². The molecule has 0 amide bonds. The summed E-state index contributed by atoms with van der Waals surface area (Å²) in [6.45, 7) is 13.8. The fraction of sp³-hybridized carbons (Fsp3) is 1.00. The van der Waals surface area contributed by atoms with Crippen LogP contribution in [0, 0.1) is 46.3 Å². The maximum absolute atomic E-state index is 12.3. The SMILES string of the molecule is CC(C)CCC[C@@H](C)[C@H]1CC[C@H]2[C@@H]3CC(NCCCN)C4(O)CC(O)CC[C@]4(C)[C@H]3CC[C@]12C. The van der Waals surface area contributed by atoms with Gasteiger partial charge in [0.15, 0.2) is 0 Å². The lowest BCUT2D eigenvalue weighted by Crippen LogP contribution is -2.71. The molecule has 0 bridgehead atoms. The summed E-state index contributed by atoms with van der Waals surface area (Å²) in [5.41, 5.74) is 5.35. The predicted octanol–water partition coefficient (Wildman–Crippen LogP) is 5.50. The molecule has 3 unspecified atom stereocenters. The van der Waals surface area contributed by atoms with Crippen LogP contribution >= 0.6 is 0 Å². The van der Waals surface area contributed by atoms with Gasteiger partial charge in [-0.05, 0) is 105 Å². The van der Waals surface area contributed by atoms with E-state index in [4.69, 9.17) is 5.73 Å². The lowest BCUT2D eigenvalue weighted by Gasteiger charge is -2.66. The number of aliphatic hydroxyl groups is 2. The molecule has 0 radical (unpaired) electrons. The van der Waals surface area contributed by atoms with E-state index in [1.165, 1.54) is 44.9 Å². The highest BCUT2D eigenvalue weighted by Crippen LogP contribution is 2.69. The fourth-order valence-corrected chi connectivity index (χ4v) is 9.95. The molecule has 4 fully saturated rings. The van der Waals surface area contributed by atoms with Crippen LogP contribution in [0.15, 0.2) is 0 Å². The van der Waals surface area contributed by atoms with Crippen LogP contribution < -0.4 is 11.1 Å². The summed E-state index contributed by atoms with van der Waals surface area (Å²) in [4.78, 5) is 0. The van der Waals surface area contributed by atoms with Gasteiger partial charge in [0.05, 0.1) is 11.7 Å². The third-order valence-corrected chi connectivity index (χ3v) is 11.8. The Morgan fingerprint density at radius 2 is 1.74 bits per heavy atom. The molecule has 5 N–H and O–H groups in total. The van der Waals surface area contributed by atoms with Gasteiger partial charge in [0.1, 0.15) is 0 Å². The molecular formula is C30H56N2O2. The Balaban J connectivity index is 1.56. The molecule has 4 rings (SSSR count). The van der Waals surface area contributed by atoms with Crippen LogP contribution in [0.25, 0.3) is 0 Å². The van der Waals surface area contributed by atoms with Crippen molar-refractivity contribution in [2.75, 3.05) is 13.1 Å². The molecule has 0 aliphatic heterocycles. The highest BCUT2D eigenvalue weighted by atomic mass is 16.3. The average molecular weight is 477 g/mol. The lowest BCUT2D eigenvalue weighted by atomic mass is 9.42. The van der Waals surface area contributed by atoms with Crippen LogP contribution in [-0.4, -0.2) is 41.0 Å². The van der Waals surface area contributed by atoms with E-state index in [-0.39, 0.29) is 17.6 Å². The molecule has 4 saturated carbocycles. The number of hydrogen-bond acceptors (Lipinski definition) is 4. The Bertz CT molecular complexity index is 685. The van der Waals surface area contributed by atoms with Gasteiger partial charge in [0.2, 0.25) is 0 Å². The van der Waals surface area contributed by atoms with Crippen molar-refractivity contribution in [3.63, 3.8) is 0 Å². The normalized spacial score (nSPS) is 47.2. The molecule has 4 heteroatoms. The minimum absolute atomic E-state index is 0.0742. The lowest BCUT2D eigenvalue weighted by molar-refractivity contribution is -0.234. The standard InChI is InChI=1S/C30H56N2O2/c1-20(2)8-6-9-21(3)24-10-11-25-23-18-27(32-17-7-16-31)30(34)19-22(33)12-15-29(30,5)26(23)13-14-28(24,25)4/h20-27,32-34H,6-19,31H2,1-5H3/t21-,22?,23+,24-,25+,26+,27?,28-,29-,30?/m1/s1. The molecule has 4 nitrogen and oxygen atoms in total. The number of aliphatic hydroxyl groups excluding tert-OH is 1. The molecule has 0 aromatic carbocycles. The highest BCUT2D eigenvalue weighted by Gasteiger charge is 2.67. The molecule has 198 valence electrons. The van der Waals surface area contributed by atoms with Crippen molar-refractivity contribution in [3.8, 4) is 0 Å². The summed E-state index contributed by atoms with van der Waals surface area (Å²) >= 11 is 0. The zero-order valence-corrected chi connectivity index (χ0v) is 23.0. The largest absolute Gasteiger partial charge is 0.393 e. The van der Waals surface area contributed by atoms with Gasteiger partial charge < -0.3 is 21.3 Å². The topological polar surface area (TPSA) is 78.5 Å². The van der Waals surface area contributed by atoms with Gasteiger partial charge in [-0.25, -0.2) is 0 Å². The van der Waals surface area contributed by atoms with E-state index in [0.717, 1.165) is 55.9 Å². The van der Waals surface area contributed by atoms with E-state index in [0.29, 0.717) is 30.2 Å². The van der Waals surface area contributed by atoms with E-state index in [1.54, 1.807) is 0 Å². The van der Waals surface area contributed by atoms with Crippen LogP contribution in [0.4, 0.5) is 0 Å². The number of nitrogens with two attached hydrogens (primary N) is 1. The first-order chi connectivity index (χ1) is 16.1. The van der Waals surface area contributed by atoms with Crippen LogP contribution in [0.1, 0.15) is 112 Å². The summed E-state index contributed by atoms with van der Waals surface area (Å²) in [5.74, 6) is 4.57. The summed E-state index contributed by atoms with van der Waals surface area (Å²) in [6.07, 6.45) is 13.5. The first kappa shape index (κ1) is 26.9. The second-order valence-corrected chi connectivity index (χ2v) is 14.0. The monoisotopic (exact) mass is 476 g/mol. The number of fused-ring (bicyclic) bond motifs is 5. The predicted molar refractivity (Wildman–Crippen MR) is 141 cm³/mol. The van der Waals surface area contributed by atoms with Gasteiger partial charge in [-0.2, -0.15) is 0 Å². The van der Waals surface area contributed by atoms with E-state index < -0.39 is 5.60 Å². The Hall–Kier alpha value is -0.160. The van der Waals surface area contributed by atoms with Crippen molar-refractivity contribution in [2.24, 2.45) is 52.1 Å². The van der Waals surface area contributed by atoms with Crippen molar-refractivity contribution in [1.82, 2.24) is 5.32 Å². The second-order valence-electron chi connectivity index (χ2n) is 14.0. The second kappa shape index (κ2) is 10.3.